The second-order valence-corrected chi connectivity index (χ2v) is 8.67. The molecular formula is C18H21N3O4S2. The molecule has 0 aliphatic heterocycles. The fraction of sp³-hybridized carbons (Fsp3) is 0.389. The first-order valence-corrected chi connectivity index (χ1v) is 11.0. The molecule has 2 N–H and O–H groups in total. The van der Waals surface area contributed by atoms with Crippen LogP contribution in [0.15, 0.2) is 40.5 Å². The number of nitrogens with one attached hydrogen (secondary N) is 1. The molecule has 1 aliphatic rings. The number of carbonyl (C=O) groups is 1. The molecule has 1 aliphatic carbocycles. The zero-order chi connectivity index (χ0) is 19.2. The second kappa shape index (κ2) is 9.20. The van der Waals surface area contributed by atoms with E-state index in [2.05, 4.69) is 15.5 Å². The molecule has 3 rings (SSSR count). The van der Waals surface area contributed by atoms with Gasteiger partial charge in [0.1, 0.15) is 6.10 Å². The van der Waals surface area contributed by atoms with E-state index in [-0.39, 0.29) is 18.4 Å². The van der Waals surface area contributed by atoms with E-state index >= 15 is 0 Å². The zero-order valence-electron chi connectivity index (χ0n) is 14.9. The summed E-state index contributed by atoms with van der Waals surface area (Å²) in [4.78, 5) is 23.7. The molecule has 0 spiro atoms. The van der Waals surface area contributed by atoms with Crippen LogP contribution in [0.5, 0.6) is 0 Å². The van der Waals surface area contributed by atoms with Crippen molar-refractivity contribution >= 4 is 38.9 Å². The molecule has 1 saturated carbocycles. The van der Waals surface area contributed by atoms with Crippen molar-refractivity contribution in [2.24, 2.45) is 5.16 Å². The third-order valence-electron chi connectivity index (χ3n) is 4.20. The Hall–Kier alpha value is -2.10. The maximum Gasteiger partial charge on any atom is 0.280 e. The number of nitrogens with zero attached hydrogens (tertiary/aromatic N) is 2. The van der Waals surface area contributed by atoms with Crippen LogP contribution in [-0.4, -0.2) is 38.3 Å². The molecule has 0 radical (unpaired) electrons. The third-order valence-corrected chi connectivity index (χ3v) is 6.03. The Morgan fingerprint density at radius 2 is 2.07 bits per heavy atom. The normalized spacial score (nSPS) is 16.3. The van der Waals surface area contributed by atoms with Crippen molar-refractivity contribution in [3.63, 3.8) is 0 Å². The summed E-state index contributed by atoms with van der Waals surface area (Å²) >= 11 is 1.19. The van der Waals surface area contributed by atoms with Gasteiger partial charge in [-0.2, -0.15) is 0 Å². The van der Waals surface area contributed by atoms with Crippen LogP contribution >= 0.6 is 11.3 Å². The Bertz CT molecular complexity index is 843. The van der Waals surface area contributed by atoms with Gasteiger partial charge in [0.25, 0.3) is 5.91 Å². The van der Waals surface area contributed by atoms with Crippen molar-refractivity contribution in [3.8, 4) is 0 Å². The molecule has 1 amide bonds. The number of anilines is 1. The van der Waals surface area contributed by atoms with Crippen LogP contribution in [0, 0.1) is 0 Å². The van der Waals surface area contributed by atoms with E-state index in [0.29, 0.717) is 20.5 Å². The highest BCUT2D eigenvalue weighted by Gasteiger charge is 2.20. The number of rotatable bonds is 7. The summed E-state index contributed by atoms with van der Waals surface area (Å²) in [6.07, 6.45) is 7.19. The molecule has 1 atom stereocenters. The van der Waals surface area contributed by atoms with Crippen molar-refractivity contribution in [2.45, 2.75) is 43.3 Å². The van der Waals surface area contributed by atoms with E-state index in [9.17, 15) is 9.00 Å². The monoisotopic (exact) mass is 407 g/mol. The molecule has 1 heterocycles. The number of carbonyl (C=O) groups excluding carboxylic acids is 1. The van der Waals surface area contributed by atoms with Crippen molar-refractivity contribution in [3.05, 3.63) is 40.9 Å². The largest absolute Gasteiger partial charge is 0.392 e. The lowest BCUT2D eigenvalue weighted by molar-refractivity contribution is -0.110. The van der Waals surface area contributed by atoms with Crippen LogP contribution in [0.1, 0.15) is 36.1 Å². The lowest BCUT2D eigenvalue weighted by Gasteiger charge is -2.10. The first-order valence-electron chi connectivity index (χ1n) is 8.61. The molecule has 2 aromatic rings. The molecule has 0 saturated heterocycles. The number of hydrogen-bond donors (Lipinski definition) is 2. The van der Waals surface area contributed by atoms with Gasteiger partial charge >= 0.3 is 0 Å². The summed E-state index contributed by atoms with van der Waals surface area (Å²) in [6, 6.07) is 6.82. The molecule has 9 heteroatoms. The fourth-order valence-corrected chi connectivity index (χ4v) is 3.93. The molecular weight excluding hydrogens is 386 g/mol. The van der Waals surface area contributed by atoms with Gasteiger partial charge in [0, 0.05) is 33.7 Å². The minimum Gasteiger partial charge on any atom is -0.392 e. The highest BCUT2D eigenvalue weighted by molar-refractivity contribution is 7.84. The van der Waals surface area contributed by atoms with E-state index < -0.39 is 16.7 Å². The van der Waals surface area contributed by atoms with Crippen molar-refractivity contribution in [1.82, 2.24) is 4.98 Å². The summed E-state index contributed by atoms with van der Waals surface area (Å²) in [7, 11) is -1.10. The smallest absolute Gasteiger partial charge is 0.280 e. The quantitative estimate of drug-likeness (QED) is 0.543. The summed E-state index contributed by atoms with van der Waals surface area (Å²) in [5, 5.41) is 16.3. The predicted octanol–water partition coefficient (Wildman–Crippen LogP) is 2.67. The van der Waals surface area contributed by atoms with Gasteiger partial charge in [-0.1, -0.05) is 28.6 Å². The number of oxime groups is 1. The van der Waals surface area contributed by atoms with E-state index in [4.69, 9.17) is 9.94 Å². The highest BCUT2D eigenvalue weighted by Crippen LogP contribution is 2.22. The standard InChI is InChI=1S/C18H21N3O4S2/c1-27(24)15-8-6-12(7-9-15)16(21-25-13-4-2-3-5-13)17(23)20-18-19-10-14(11-22)26-18/h6-10,13,22H,2-5,11H2,1H3,(H,19,20,23)/b21-16+. The van der Waals surface area contributed by atoms with Crippen LogP contribution in [0.2, 0.25) is 0 Å². The number of benzene rings is 1. The minimum atomic E-state index is -1.10. The van der Waals surface area contributed by atoms with E-state index in [0.717, 1.165) is 25.7 Å². The van der Waals surface area contributed by atoms with E-state index in [1.54, 1.807) is 30.5 Å². The Balaban J connectivity index is 1.82. The van der Waals surface area contributed by atoms with Crippen LogP contribution in [0.25, 0.3) is 0 Å². The Morgan fingerprint density at radius 3 is 2.67 bits per heavy atom. The van der Waals surface area contributed by atoms with Crippen LogP contribution < -0.4 is 5.32 Å². The lowest BCUT2D eigenvalue weighted by Crippen LogP contribution is -2.25. The number of thiazole rings is 1. The van der Waals surface area contributed by atoms with Gasteiger partial charge < -0.3 is 9.94 Å². The summed E-state index contributed by atoms with van der Waals surface area (Å²) in [5.41, 5.74) is 0.703. The molecule has 1 aromatic heterocycles. The molecule has 7 nitrogen and oxygen atoms in total. The van der Waals surface area contributed by atoms with Crippen LogP contribution in [0.4, 0.5) is 5.13 Å². The predicted molar refractivity (Wildman–Crippen MR) is 105 cm³/mol. The number of aromatic nitrogens is 1. The first-order chi connectivity index (χ1) is 13.1. The van der Waals surface area contributed by atoms with E-state index in [1.807, 2.05) is 0 Å². The molecule has 27 heavy (non-hydrogen) atoms. The molecule has 0 bridgehead atoms. The third kappa shape index (κ3) is 5.21. The molecule has 1 aromatic carbocycles. The number of aliphatic hydroxyl groups excluding tert-OH is 1. The lowest BCUT2D eigenvalue weighted by atomic mass is 10.1. The van der Waals surface area contributed by atoms with Crippen LogP contribution in [-0.2, 0) is 27.0 Å². The Labute approximate surface area is 163 Å². The first kappa shape index (κ1) is 19.7. The van der Waals surface area contributed by atoms with Gasteiger partial charge in [-0.15, -0.1) is 0 Å². The summed E-state index contributed by atoms with van der Waals surface area (Å²) in [6.45, 7) is -0.130. The highest BCUT2D eigenvalue weighted by atomic mass is 32.2. The van der Waals surface area contributed by atoms with Gasteiger partial charge in [-0.3, -0.25) is 14.3 Å². The fourth-order valence-electron chi connectivity index (χ4n) is 2.75. The molecule has 1 fully saturated rings. The average molecular weight is 408 g/mol. The molecule has 144 valence electrons. The van der Waals surface area contributed by atoms with Gasteiger partial charge in [0.2, 0.25) is 0 Å². The topological polar surface area (TPSA) is 101 Å². The Kier molecular flexibility index (Phi) is 6.70. The average Bonchev–Trinajstić information content (AvgIpc) is 3.34. The van der Waals surface area contributed by atoms with Crippen molar-refractivity contribution in [2.75, 3.05) is 11.6 Å². The SMILES string of the molecule is CS(=O)c1ccc(/C(=N\OC2CCCC2)C(=O)Nc2ncc(CO)s2)cc1. The van der Waals surface area contributed by atoms with E-state index in [1.165, 1.54) is 17.5 Å². The summed E-state index contributed by atoms with van der Waals surface area (Å²) in [5.74, 6) is -0.447. The zero-order valence-corrected chi connectivity index (χ0v) is 16.5. The van der Waals surface area contributed by atoms with Crippen molar-refractivity contribution in [1.29, 1.82) is 0 Å². The molecule has 1 unspecified atom stereocenters. The van der Waals surface area contributed by atoms with Gasteiger partial charge in [-0.05, 0) is 37.8 Å². The maximum absolute atomic E-state index is 12.8. The number of aliphatic hydroxyl groups is 1. The Morgan fingerprint density at radius 1 is 1.37 bits per heavy atom. The minimum absolute atomic E-state index is 0.0241. The van der Waals surface area contributed by atoms with Crippen LogP contribution in [0.3, 0.4) is 0 Å². The van der Waals surface area contributed by atoms with Crippen molar-refractivity contribution < 1.29 is 18.9 Å². The number of amides is 1. The number of hydrogen-bond acceptors (Lipinski definition) is 7. The maximum atomic E-state index is 12.8. The van der Waals surface area contributed by atoms with Gasteiger partial charge in [0.15, 0.2) is 10.8 Å². The van der Waals surface area contributed by atoms with Gasteiger partial charge in [-0.25, -0.2) is 4.98 Å². The second-order valence-electron chi connectivity index (χ2n) is 6.17. The van der Waals surface area contributed by atoms with Gasteiger partial charge in [0.05, 0.1) is 11.5 Å². The summed E-state index contributed by atoms with van der Waals surface area (Å²) < 4.78 is 11.6.